The van der Waals surface area contributed by atoms with E-state index in [2.05, 4.69) is 17.2 Å². The summed E-state index contributed by atoms with van der Waals surface area (Å²) in [5, 5.41) is 42.8. The third kappa shape index (κ3) is 4.57. The molecule has 0 aliphatic rings. The molecule has 6 N–H and O–H groups in total. The molecule has 0 unspecified atom stereocenters. The number of allylic oxidation sites excluding steroid dienone is 1. The van der Waals surface area contributed by atoms with Crippen LogP contribution in [0.1, 0.15) is 12.8 Å². The smallest absolute Gasteiger partial charge is 0.224 e. The Balaban J connectivity index is 1.83. The van der Waals surface area contributed by atoms with Gasteiger partial charge in [-0.3, -0.25) is 4.79 Å². The second-order valence-corrected chi connectivity index (χ2v) is 5.18. The van der Waals surface area contributed by atoms with Crippen LogP contribution in [-0.4, -0.2) is 26.3 Å². The molecule has 0 aliphatic heterocycles. The van der Waals surface area contributed by atoms with E-state index in [1.807, 2.05) is 0 Å². The maximum atomic E-state index is 11.9. The summed E-state index contributed by atoms with van der Waals surface area (Å²) in [4.78, 5) is 11.9. The van der Waals surface area contributed by atoms with Crippen LogP contribution in [0.4, 0.5) is 11.4 Å². The highest BCUT2D eigenvalue weighted by molar-refractivity contribution is 5.91. The van der Waals surface area contributed by atoms with E-state index in [-0.39, 0.29) is 35.3 Å². The summed E-state index contributed by atoms with van der Waals surface area (Å²) in [6, 6.07) is 8.26. The molecule has 0 saturated carbocycles. The molecule has 0 aromatic heterocycles. The largest absolute Gasteiger partial charge is 0.504 e. The van der Waals surface area contributed by atoms with Crippen LogP contribution in [0, 0.1) is 0 Å². The number of hydrogen-bond acceptors (Lipinski definition) is 6. The average molecular weight is 330 g/mol. The molecule has 2 aromatic rings. The Hall–Kier alpha value is -3.35. The third-order valence-electron chi connectivity index (χ3n) is 3.21. The fourth-order valence-corrected chi connectivity index (χ4v) is 1.96. The number of phenolic OH excluding ortho intramolecular Hbond substituents is 4. The molecular formula is C17H18N2O5. The number of nitrogens with one attached hydrogen (secondary N) is 2. The van der Waals surface area contributed by atoms with Gasteiger partial charge in [-0.05, 0) is 30.7 Å². The predicted molar refractivity (Wildman–Crippen MR) is 90.2 cm³/mol. The number of phenols is 4. The van der Waals surface area contributed by atoms with E-state index in [1.165, 1.54) is 30.3 Å². The number of carbonyl (C=O) groups is 1. The van der Waals surface area contributed by atoms with E-state index in [0.29, 0.717) is 23.5 Å². The highest BCUT2D eigenvalue weighted by Crippen LogP contribution is 2.29. The first-order valence-corrected chi connectivity index (χ1v) is 7.14. The molecule has 2 aromatic carbocycles. The number of carbonyl (C=O) groups excluding carboxylic acids is 1. The van der Waals surface area contributed by atoms with Crippen molar-refractivity contribution in [3.63, 3.8) is 0 Å². The molecular weight excluding hydrogens is 312 g/mol. The number of hydrogen-bond donors (Lipinski definition) is 6. The van der Waals surface area contributed by atoms with Gasteiger partial charge >= 0.3 is 0 Å². The number of aromatic hydroxyl groups is 4. The lowest BCUT2D eigenvalue weighted by molar-refractivity contribution is -0.116. The van der Waals surface area contributed by atoms with Crippen molar-refractivity contribution in [2.75, 3.05) is 10.6 Å². The van der Waals surface area contributed by atoms with Gasteiger partial charge in [-0.25, -0.2) is 0 Å². The first-order chi connectivity index (χ1) is 11.3. The minimum absolute atomic E-state index is 0.150. The van der Waals surface area contributed by atoms with E-state index < -0.39 is 0 Å². The lowest BCUT2D eigenvalue weighted by atomic mass is 10.2. The van der Waals surface area contributed by atoms with Crippen LogP contribution >= 0.6 is 0 Å². The average Bonchev–Trinajstić information content (AvgIpc) is 2.53. The summed E-state index contributed by atoms with van der Waals surface area (Å²) in [6.07, 6.45) is 0.495. The van der Waals surface area contributed by atoms with Crippen molar-refractivity contribution in [1.29, 1.82) is 0 Å². The third-order valence-corrected chi connectivity index (χ3v) is 3.21. The van der Waals surface area contributed by atoms with Crippen molar-refractivity contribution < 1.29 is 25.2 Å². The molecule has 7 nitrogen and oxygen atoms in total. The molecule has 0 radical (unpaired) electrons. The van der Waals surface area contributed by atoms with Crippen molar-refractivity contribution in [2.45, 2.75) is 12.8 Å². The minimum Gasteiger partial charge on any atom is -0.504 e. The highest BCUT2D eigenvalue weighted by Gasteiger charge is 2.07. The summed E-state index contributed by atoms with van der Waals surface area (Å²) in [7, 11) is 0. The minimum atomic E-state index is -0.314. The second-order valence-electron chi connectivity index (χ2n) is 5.18. The van der Waals surface area contributed by atoms with Crippen molar-refractivity contribution in [3.8, 4) is 23.0 Å². The molecule has 0 saturated heterocycles. The zero-order chi connectivity index (χ0) is 17.7. The lowest BCUT2D eigenvalue weighted by Gasteiger charge is -2.11. The molecule has 0 fully saturated rings. The first kappa shape index (κ1) is 17.0. The van der Waals surface area contributed by atoms with Crippen LogP contribution < -0.4 is 10.6 Å². The van der Waals surface area contributed by atoms with Crippen LogP contribution in [0.25, 0.3) is 0 Å². The summed E-state index contributed by atoms with van der Waals surface area (Å²) >= 11 is 0. The van der Waals surface area contributed by atoms with Crippen LogP contribution in [0.3, 0.4) is 0 Å². The van der Waals surface area contributed by atoms with E-state index in [9.17, 15) is 25.2 Å². The number of anilines is 2. The lowest BCUT2D eigenvalue weighted by Crippen LogP contribution is -2.12. The summed E-state index contributed by atoms with van der Waals surface area (Å²) < 4.78 is 0. The molecule has 0 bridgehead atoms. The Kier molecular flexibility index (Phi) is 5.16. The summed E-state index contributed by atoms with van der Waals surface area (Å²) in [5.74, 6) is -1.33. The second kappa shape index (κ2) is 7.28. The highest BCUT2D eigenvalue weighted by atomic mass is 16.3. The Labute approximate surface area is 138 Å². The normalized spacial score (nSPS) is 10.2. The topological polar surface area (TPSA) is 122 Å². The van der Waals surface area contributed by atoms with Crippen LogP contribution in [-0.2, 0) is 4.79 Å². The van der Waals surface area contributed by atoms with E-state index >= 15 is 0 Å². The molecule has 126 valence electrons. The van der Waals surface area contributed by atoms with Crippen molar-refractivity contribution in [1.82, 2.24) is 0 Å². The van der Waals surface area contributed by atoms with Gasteiger partial charge in [0.2, 0.25) is 5.91 Å². The van der Waals surface area contributed by atoms with E-state index in [1.54, 1.807) is 6.07 Å². The zero-order valence-corrected chi connectivity index (χ0v) is 12.8. The summed E-state index contributed by atoms with van der Waals surface area (Å²) in [5.41, 5.74) is 1.47. The quantitative estimate of drug-likeness (QED) is 0.358. The maximum absolute atomic E-state index is 11.9. The van der Waals surface area contributed by atoms with Gasteiger partial charge in [-0.15, -0.1) is 0 Å². The Morgan fingerprint density at radius 1 is 0.792 bits per heavy atom. The molecule has 0 heterocycles. The van der Waals surface area contributed by atoms with Gasteiger partial charge in [-0.1, -0.05) is 6.58 Å². The van der Waals surface area contributed by atoms with Gasteiger partial charge < -0.3 is 31.1 Å². The predicted octanol–water partition coefficient (Wildman–Crippen LogP) is 2.85. The number of amides is 1. The molecule has 0 aliphatic carbocycles. The van der Waals surface area contributed by atoms with Crippen molar-refractivity contribution in [3.05, 3.63) is 48.7 Å². The fraction of sp³-hybridized carbons (Fsp3) is 0.118. The van der Waals surface area contributed by atoms with Gasteiger partial charge in [0.25, 0.3) is 0 Å². The standard InChI is InChI=1S/C17H18N2O5/c1-10(18-11-3-5-13(20)15(22)8-11)2-7-17(24)19-12-4-6-14(21)16(23)9-12/h3-6,8-9,18,20-23H,1-2,7H2,(H,19,24). The van der Waals surface area contributed by atoms with Crippen molar-refractivity contribution >= 4 is 17.3 Å². The van der Waals surface area contributed by atoms with Gasteiger partial charge in [0.15, 0.2) is 23.0 Å². The number of rotatable bonds is 6. The molecule has 2 rings (SSSR count). The van der Waals surface area contributed by atoms with E-state index in [4.69, 9.17) is 0 Å². The molecule has 24 heavy (non-hydrogen) atoms. The molecule has 1 amide bonds. The van der Waals surface area contributed by atoms with Gasteiger partial charge in [0.05, 0.1) is 0 Å². The monoisotopic (exact) mass is 330 g/mol. The Morgan fingerprint density at radius 3 is 1.79 bits per heavy atom. The number of benzene rings is 2. The first-order valence-electron chi connectivity index (χ1n) is 7.14. The molecule has 0 spiro atoms. The van der Waals surface area contributed by atoms with E-state index in [0.717, 1.165) is 0 Å². The maximum Gasteiger partial charge on any atom is 0.224 e. The Bertz CT molecular complexity index is 708. The van der Waals surface area contributed by atoms with Gasteiger partial charge in [0.1, 0.15) is 0 Å². The van der Waals surface area contributed by atoms with Crippen LogP contribution in [0.5, 0.6) is 23.0 Å². The van der Waals surface area contributed by atoms with Crippen LogP contribution in [0.2, 0.25) is 0 Å². The van der Waals surface area contributed by atoms with Crippen molar-refractivity contribution in [2.24, 2.45) is 0 Å². The molecule has 7 heteroatoms. The fourth-order valence-electron chi connectivity index (χ4n) is 1.96. The van der Waals surface area contributed by atoms with Gasteiger partial charge in [-0.2, -0.15) is 0 Å². The molecule has 0 atom stereocenters. The SMILES string of the molecule is C=C(CCC(=O)Nc1ccc(O)c(O)c1)Nc1ccc(O)c(O)c1. The zero-order valence-electron chi connectivity index (χ0n) is 12.8. The summed E-state index contributed by atoms with van der Waals surface area (Å²) in [6.45, 7) is 3.80. The Morgan fingerprint density at radius 2 is 1.29 bits per heavy atom. The van der Waals surface area contributed by atoms with Crippen LogP contribution in [0.15, 0.2) is 48.7 Å². The van der Waals surface area contributed by atoms with Gasteiger partial charge in [0, 0.05) is 35.6 Å².